The summed E-state index contributed by atoms with van der Waals surface area (Å²) in [6.45, 7) is 6.50. The molecule has 0 aromatic heterocycles. The van der Waals surface area contributed by atoms with Crippen LogP contribution in [-0.2, 0) is 28.6 Å². The third-order valence-corrected chi connectivity index (χ3v) is 13.3. The Balaban J connectivity index is 4.35. The number of allylic oxidation sites excluding steroid dienone is 10. The molecule has 1 unspecified atom stereocenters. The Morgan fingerprint density at radius 2 is 0.586 bits per heavy atom. The first kappa shape index (κ1) is 67.1. The lowest BCUT2D eigenvalue weighted by Crippen LogP contribution is -2.30. The van der Waals surface area contributed by atoms with Crippen molar-refractivity contribution in [3.8, 4) is 0 Å². The average Bonchev–Trinajstić information content (AvgIpc) is 3.36. The second kappa shape index (κ2) is 58.7. The van der Waals surface area contributed by atoms with E-state index in [1.54, 1.807) is 0 Å². The second-order valence-corrected chi connectivity index (χ2v) is 20.2. The second-order valence-electron chi connectivity index (χ2n) is 20.2. The summed E-state index contributed by atoms with van der Waals surface area (Å²) < 4.78 is 16.8. The molecule has 0 aromatic rings. The minimum absolute atomic E-state index is 0.0950. The summed E-state index contributed by atoms with van der Waals surface area (Å²) in [5.41, 5.74) is 0. The zero-order valence-electron chi connectivity index (χ0n) is 46.5. The van der Waals surface area contributed by atoms with Crippen molar-refractivity contribution >= 4 is 17.9 Å². The number of carbonyl (C=O) groups is 3. The summed E-state index contributed by atoms with van der Waals surface area (Å²) in [5, 5.41) is 0. The molecule has 0 saturated heterocycles. The predicted molar refractivity (Wildman–Crippen MR) is 302 cm³/mol. The summed E-state index contributed by atoms with van der Waals surface area (Å²) in [6, 6.07) is 0. The van der Waals surface area contributed by atoms with Crippen LogP contribution in [-0.4, -0.2) is 37.2 Å². The highest BCUT2D eigenvalue weighted by Crippen LogP contribution is 2.17. The van der Waals surface area contributed by atoms with E-state index < -0.39 is 6.10 Å². The van der Waals surface area contributed by atoms with Gasteiger partial charge in [-0.05, 0) is 70.6 Å². The van der Waals surface area contributed by atoms with Gasteiger partial charge >= 0.3 is 17.9 Å². The normalized spacial score (nSPS) is 12.4. The van der Waals surface area contributed by atoms with Crippen LogP contribution in [0.1, 0.15) is 310 Å². The zero-order chi connectivity index (χ0) is 50.7. The van der Waals surface area contributed by atoms with E-state index in [2.05, 4.69) is 75.5 Å². The van der Waals surface area contributed by atoms with E-state index in [-0.39, 0.29) is 37.5 Å². The van der Waals surface area contributed by atoms with E-state index in [9.17, 15) is 14.4 Å². The summed E-state index contributed by atoms with van der Waals surface area (Å²) >= 11 is 0. The van der Waals surface area contributed by atoms with E-state index in [0.29, 0.717) is 19.3 Å². The quantitative estimate of drug-likeness (QED) is 0.0261. The molecule has 0 radical (unpaired) electrons. The number of hydrogen-bond acceptors (Lipinski definition) is 6. The maximum absolute atomic E-state index is 12.9. The van der Waals surface area contributed by atoms with Gasteiger partial charge in [-0.15, -0.1) is 0 Å². The number of rotatable bonds is 55. The molecule has 6 heteroatoms. The molecule has 406 valence electrons. The molecule has 0 spiro atoms. The minimum Gasteiger partial charge on any atom is -0.462 e. The number of ether oxygens (including phenoxy) is 3. The summed E-state index contributed by atoms with van der Waals surface area (Å²) in [5.74, 6) is -0.970. The average molecular weight is 980 g/mol. The SMILES string of the molecule is CC/C=C\C/C=C\C/C=C\C/C=C\CCC(=O)OCC(COC(=O)CCCCCCCCCCCCCCCCCCCCCCC)OC(=O)CCCCCCCCC/C=C\CCCCCCCCC. The van der Waals surface area contributed by atoms with Gasteiger partial charge in [0.15, 0.2) is 6.10 Å². The molecule has 0 bridgehead atoms. The van der Waals surface area contributed by atoms with E-state index in [4.69, 9.17) is 14.2 Å². The van der Waals surface area contributed by atoms with Gasteiger partial charge in [0.05, 0.1) is 0 Å². The lowest BCUT2D eigenvalue weighted by molar-refractivity contribution is -0.166. The van der Waals surface area contributed by atoms with Crippen molar-refractivity contribution in [2.75, 3.05) is 13.2 Å². The van der Waals surface area contributed by atoms with Gasteiger partial charge in [0.25, 0.3) is 0 Å². The highest BCUT2D eigenvalue weighted by molar-refractivity contribution is 5.71. The van der Waals surface area contributed by atoms with E-state index in [0.717, 1.165) is 64.2 Å². The first-order valence-corrected chi connectivity index (χ1v) is 30.3. The molecule has 0 rings (SSSR count). The van der Waals surface area contributed by atoms with Crippen LogP contribution in [0.15, 0.2) is 60.8 Å². The molecule has 1 atom stereocenters. The Labute approximate surface area is 434 Å². The van der Waals surface area contributed by atoms with Crippen LogP contribution in [0, 0.1) is 0 Å². The summed E-state index contributed by atoms with van der Waals surface area (Å²) in [4.78, 5) is 38.2. The van der Waals surface area contributed by atoms with Crippen LogP contribution in [0.4, 0.5) is 0 Å². The van der Waals surface area contributed by atoms with Crippen LogP contribution < -0.4 is 0 Å². The molecule has 0 aliphatic rings. The Morgan fingerprint density at radius 3 is 0.957 bits per heavy atom. The van der Waals surface area contributed by atoms with Crippen molar-refractivity contribution in [1.82, 2.24) is 0 Å². The summed E-state index contributed by atoms with van der Waals surface area (Å²) in [7, 11) is 0. The van der Waals surface area contributed by atoms with Crippen LogP contribution in [0.25, 0.3) is 0 Å². The molecule has 0 aliphatic carbocycles. The number of esters is 3. The monoisotopic (exact) mass is 979 g/mol. The van der Waals surface area contributed by atoms with Crippen LogP contribution in [0.5, 0.6) is 0 Å². The fourth-order valence-corrected chi connectivity index (χ4v) is 8.75. The Hall–Kier alpha value is -2.89. The molecule has 0 fully saturated rings. The van der Waals surface area contributed by atoms with Crippen molar-refractivity contribution in [2.24, 2.45) is 0 Å². The summed E-state index contributed by atoms with van der Waals surface area (Å²) in [6.07, 6.45) is 73.8. The van der Waals surface area contributed by atoms with Gasteiger partial charge in [0.1, 0.15) is 13.2 Å². The molecule has 0 amide bonds. The molecular weight excluding hydrogens is 865 g/mol. The van der Waals surface area contributed by atoms with Crippen molar-refractivity contribution in [2.45, 2.75) is 316 Å². The molecule has 0 N–H and O–H groups in total. The topological polar surface area (TPSA) is 78.9 Å². The van der Waals surface area contributed by atoms with Gasteiger partial charge in [-0.25, -0.2) is 0 Å². The Kier molecular flexibility index (Phi) is 56.3. The Bertz CT molecular complexity index is 1260. The van der Waals surface area contributed by atoms with E-state index in [1.165, 1.54) is 199 Å². The first-order valence-electron chi connectivity index (χ1n) is 30.3. The van der Waals surface area contributed by atoms with Crippen LogP contribution >= 0.6 is 0 Å². The molecule has 70 heavy (non-hydrogen) atoms. The van der Waals surface area contributed by atoms with Crippen molar-refractivity contribution in [3.05, 3.63) is 60.8 Å². The molecule has 0 saturated carbocycles. The third-order valence-electron chi connectivity index (χ3n) is 13.3. The van der Waals surface area contributed by atoms with Crippen molar-refractivity contribution < 1.29 is 28.6 Å². The fraction of sp³-hybridized carbons (Fsp3) is 0.797. The van der Waals surface area contributed by atoms with Gasteiger partial charge in [-0.1, -0.05) is 281 Å². The smallest absolute Gasteiger partial charge is 0.306 e. The lowest BCUT2D eigenvalue weighted by Gasteiger charge is -2.18. The largest absolute Gasteiger partial charge is 0.462 e. The number of hydrogen-bond donors (Lipinski definition) is 0. The maximum atomic E-state index is 12.9. The van der Waals surface area contributed by atoms with Gasteiger partial charge < -0.3 is 14.2 Å². The van der Waals surface area contributed by atoms with Crippen molar-refractivity contribution in [1.29, 1.82) is 0 Å². The van der Waals surface area contributed by atoms with E-state index >= 15 is 0 Å². The van der Waals surface area contributed by atoms with Crippen LogP contribution in [0.2, 0.25) is 0 Å². The maximum Gasteiger partial charge on any atom is 0.306 e. The van der Waals surface area contributed by atoms with Gasteiger partial charge in [0.2, 0.25) is 0 Å². The fourth-order valence-electron chi connectivity index (χ4n) is 8.75. The van der Waals surface area contributed by atoms with Gasteiger partial charge in [-0.2, -0.15) is 0 Å². The third kappa shape index (κ3) is 56.0. The number of unbranched alkanes of at least 4 members (excludes halogenated alkanes) is 34. The van der Waals surface area contributed by atoms with Crippen molar-refractivity contribution in [3.63, 3.8) is 0 Å². The first-order chi connectivity index (χ1) is 34.5. The van der Waals surface area contributed by atoms with Crippen LogP contribution in [0.3, 0.4) is 0 Å². The number of carbonyl (C=O) groups excluding carboxylic acids is 3. The molecule has 0 aromatic carbocycles. The highest BCUT2D eigenvalue weighted by Gasteiger charge is 2.19. The molecule has 0 aliphatic heterocycles. The van der Waals surface area contributed by atoms with Gasteiger partial charge in [-0.3, -0.25) is 14.4 Å². The Morgan fingerprint density at radius 1 is 0.300 bits per heavy atom. The standard InChI is InChI=1S/C64H114O6/c1-4-7-10-13-16-19-22-25-27-29-31-32-33-35-36-39-42-45-48-51-54-57-63(66)69-60-61(59-68-62(65)56-53-50-47-44-41-38-24-21-18-15-12-9-6-3)70-64(67)58-55-52-49-46-43-40-37-34-30-28-26-23-20-17-14-11-8-5-2/h9,12,18,21,28,30,38,41,47,50,61H,4-8,10-11,13-17,19-20,22-27,29,31-37,39-40,42-46,48-49,51-60H2,1-3H3/b12-9-,21-18-,30-28-,41-38-,50-47-. The minimum atomic E-state index is -0.804. The zero-order valence-corrected chi connectivity index (χ0v) is 46.5. The highest BCUT2D eigenvalue weighted by atomic mass is 16.6. The lowest BCUT2D eigenvalue weighted by atomic mass is 10.0. The van der Waals surface area contributed by atoms with E-state index in [1.807, 2.05) is 6.08 Å². The molecule has 0 heterocycles. The predicted octanol–water partition coefficient (Wildman–Crippen LogP) is 20.4. The molecular formula is C64H114O6. The molecule has 6 nitrogen and oxygen atoms in total. The van der Waals surface area contributed by atoms with Gasteiger partial charge in [0, 0.05) is 19.3 Å².